The number of carbonyl (C=O) groups is 3. The molecule has 1 aromatic carbocycles. The molecule has 140 valence electrons. The van der Waals surface area contributed by atoms with Gasteiger partial charge in [0.1, 0.15) is 5.60 Å². The summed E-state index contributed by atoms with van der Waals surface area (Å²) in [6.45, 7) is 1.85. The zero-order valence-electron chi connectivity index (χ0n) is 15.0. The van der Waals surface area contributed by atoms with Crippen LogP contribution in [0.2, 0.25) is 0 Å². The monoisotopic (exact) mass is 367 g/mol. The fourth-order valence-electron chi connectivity index (χ4n) is 4.47. The Morgan fingerprint density at radius 2 is 1.96 bits per heavy atom. The van der Waals surface area contributed by atoms with Crippen molar-refractivity contribution in [2.24, 2.45) is 11.8 Å². The molecule has 3 fully saturated rings. The molecular formula is C20H21N3O4. The van der Waals surface area contributed by atoms with Crippen LogP contribution in [0.25, 0.3) is 0 Å². The first-order chi connectivity index (χ1) is 13.0. The quantitative estimate of drug-likeness (QED) is 0.783. The largest absolute Gasteiger partial charge is 0.360 e. The second-order valence-corrected chi connectivity index (χ2v) is 7.84. The van der Waals surface area contributed by atoms with E-state index in [1.54, 1.807) is 29.2 Å². The predicted molar refractivity (Wildman–Crippen MR) is 98.0 cm³/mol. The fraction of sp³-hybridized carbons (Fsp3) is 0.450. The average molecular weight is 367 g/mol. The fourth-order valence-corrected chi connectivity index (χ4v) is 4.47. The molecule has 4 aliphatic rings. The van der Waals surface area contributed by atoms with Gasteiger partial charge in [0.2, 0.25) is 17.7 Å². The summed E-state index contributed by atoms with van der Waals surface area (Å²) in [5.41, 5.74) is 0.693. The number of fused-ring (bicyclic) bond motifs is 1. The standard InChI is InChI=1S/C20H21N3O4/c1-11(24)21-12-4-6-14(7-5-12)23-10-20-9-8-15(27-20)16(17(20)19(23)26)18(25)22-13-2-3-13/h4-9,13,15-17H,2-3,10H2,1H3,(H,21,24)(H,22,25)/t15-,16?,17?,20-/m1/s1. The molecule has 1 aliphatic carbocycles. The smallest absolute Gasteiger partial charge is 0.234 e. The first-order valence-corrected chi connectivity index (χ1v) is 9.33. The molecule has 4 atom stereocenters. The van der Waals surface area contributed by atoms with E-state index in [0.29, 0.717) is 12.2 Å². The maximum Gasteiger partial charge on any atom is 0.234 e. The molecule has 0 aromatic heterocycles. The maximum absolute atomic E-state index is 13.2. The maximum atomic E-state index is 13.2. The third kappa shape index (κ3) is 2.56. The van der Waals surface area contributed by atoms with Crippen LogP contribution in [-0.2, 0) is 19.1 Å². The Kier molecular flexibility index (Phi) is 3.46. The van der Waals surface area contributed by atoms with Crippen molar-refractivity contribution in [1.29, 1.82) is 0 Å². The number of rotatable bonds is 4. The number of carbonyl (C=O) groups excluding carboxylic acids is 3. The van der Waals surface area contributed by atoms with E-state index in [1.165, 1.54) is 6.92 Å². The summed E-state index contributed by atoms with van der Waals surface area (Å²) in [4.78, 5) is 38.8. The Morgan fingerprint density at radius 1 is 1.22 bits per heavy atom. The van der Waals surface area contributed by atoms with E-state index >= 15 is 0 Å². The van der Waals surface area contributed by atoms with Gasteiger partial charge in [-0.25, -0.2) is 0 Å². The highest BCUT2D eigenvalue weighted by Gasteiger charge is 2.67. The second kappa shape index (κ2) is 5.66. The highest BCUT2D eigenvalue weighted by Crippen LogP contribution is 2.52. The number of nitrogens with one attached hydrogen (secondary N) is 2. The van der Waals surface area contributed by atoms with Crippen molar-refractivity contribution in [2.45, 2.75) is 37.5 Å². The number of ether oxygens (including phenoxy) is 1. The minimum absolute atomic E-state index is 0.0741. The van der Waals surface area contributed by atoms with Gasteiger partial charge in [-0.2, -0.15) is 0 Å². The first-order valence-electron chi connectivity index (χ1n) is 9.33. The van der Waals surface area contributed by atoms with Crippen LogP contribution in [0.1, 0.15) is 19.8 Å². The lowest BCUT2D eigenvalue weighted by Crippen LogP contribution is -2.44. The van der Waals surface area contributed by atoms with Gasteiger partial charge in [-0.3, -0.25) is 14.4 Å². The van der Waals surface area contributed by atoms with Gasteiger partial charge >= 0.3 is 0 Å². The lowest BCUT2D eigenvalue weighted by atomic mass is 9.77. The van der Waals surface area contributed by atoms with Crippen molar-refractivity contribution in [3.63, 3.8) is 0 Å². The van der Waals surface area contributed by atoms with E-state index in [4.69, 9.17) is 4.74 Å². The molecule has 2 unspecified atom stereocenters. The molecular weight excluding hydrogens is 346 g/mol. The Balaban J connectivity index is 1.40. The minimum atomic E-state index is -0.719. The Bertz CT molecular complexity index is 860. The molecule has 1 saturated carbocycles. The summed E-state index contributed by atoms with van der Waals surface area (Å²) in [7, 11) is 0. The van der Waals surface area contributed by atoms with Gasteiger partial charge in [-0.15, -0.1) is 0 Å². The summed E-state index contributed by atoms with van der Waals surface area (Å²) in [5, 5.41) is 5.74. The molecule has 2 bridgehead atoms. The van der Waals surface area contributed by atoms with E-state index in [1.807, 2.05) is 12.2 Å². The molecule has 0 radical (unpaired) electrons. The SMILES string of the molecule is CC(=O)Nc1ccc(N2C[C@@]34C=C[C@@H](O3)C(C(=O)NC3CC3)C4C2=O)cc1. The molecule has 5 rings (SSSR count). The lowest BCUT2D eigenvalue weighted by Gasteiger charge is -2.23. The molecule has 3 heterocycles. The molecule has 7 nitrogen and oxygen atoms in total. The van der Waals surface area contributed by atoms with Gasteiger partial charge in [0.05, 0.1) is 24.5 Å². The number of benzene rings is 1. The van der Waals surface area contributed by atoms with Crippen LogP contribution in [0.4, 0.5) is 11.4 Å². The van der Waals surface area contributed by atoms with Crippen molar-refractivity contribution in [1.82, 2.24) is 5.32 Å². The third-order valence-electron chi connectivity index (χ3n) is 5.83. The molecule has 2 saturated heterocycles. The van der Waals surface area contributed by atoms with Crippen molar-refractivity contribution in [3.8, 4) is 0 Å². The van der Waals surface area contributed by atoms with Crippen LogP contribution in [0.15, 0.2) is 36.4 Å². The summed E-state index contributed by atoms with van der Waals surface area (Å²) >= 11 is 0. The summed E-state index contributed by atoms with van der Waals surface area (Å²) < 4.78 is 6.13. The predicted octanol–water partition coefficient (Wildman–Crippen LogP) is 1.21. The van der Waals surface area contributed by atoms with Gasteiger partial charge in [-0.1, -0.05) is 12.2 Å². The first kappa shape index (κ1) is 16.5. The van der Waals surface area contributed by atoms with Crippen molar-refractivity contribution >= 4 is 29.1 Å². The normalized spacial score (nSPS) is 33.3. The van der Waals surface area contributed by atoms with E-state index in [-0.39, 0.29) is 29.9 Å². The van der Waals surface area contributed by atoms with Crippen LogP contribution >= 0.6 is 0 Å². The van der Waals surface area contributed by atoms with Crippen LogP contribution in [0, 0.1) is 11.8 Å². The Hall–Kier alpha value is -2.67. The van der Waals surface area contributed by atoms with Gasteiger partial charge in [0.25, 0.3) is 0 Å². The van der Waals surface area contributed by atoms with Crippen molar-refractivity contribution in [2.75, 3.05) is 16.8 Å². The summed E-state index contributed by atoms with van der Waals surface area (Å²) in [6.07, 6.45) is 5.58. The zero-order valence-corrected chi connectivity index (χ0v) is 15.0. The van der Waals surface area contributed by atoms with Crippen LogP contribution in [0.3, 0.4) is 0 Å². The van der Waals surface area contributed by atoms with Crippen LogP contribution < -0.4 is 15.5 Å². The van der Waals surface area contributed by atoms with E-state index < -0.39 is 17.4 Å². The number of anilines is 2. The lowest BCUT2D eigenvalue weighted by molar-refractivity contribution is -0.132. The zero-order chi connectivity index (χ0) is 18.8. The topological polar surface area (TPSA) is 87.7 Å². The van der Waals surface area contributed by atoms with Gasteiger partial charge in [-0.05, 0) is 37.1 Å². The number of amides is 3. The minimum Gasteiger partial charge on any atom is -0.360 e. The van der Waals surface area contributed by atoms with Gasteiger partial charge in [0.15, 0.2) is 0 Å². The summed E-state index contributed by atoms with van der Waals surface area (Å²) in [5.74, 6) is -1.25. The molecule has 7 heteroatoms. The van der Waals surface area contributed by atoms with Crippen molar-refractivity contribution in [3.05, 3.63) is 36.4 Å². The van der Waals surface area contributed by atoms with E-state index in [2.05, 4.69) is 10.6 Å². The van der Waals surface area contributed by atoms with E-state index in [9.17, 15) is 14.4 Å². The second-order valence-electron chi connectivity index (χ2n) is 7.84. The van der Waals surface area contributed by atoms with Crippen molar-refractivity contribution < 1.29 is 19.1 Å². The van der Waals surface area contributed by atoms with Gasteiger partial charge < -0.3 is 20.3 Å². The molecule has 1 spiro atoms. The molecule has 2 N–H and O–H groups in total. The summed E-state index contributed by atoms with van der Waals surface area (Å²) in [6, 6.07) is 7.39. The highest BCUT2D eigenvalue weighted by molar-refractivity contribution is 6.03. The average Bonchev–Trinajstić information content (AvgIpc) is 3.16. The number of nitrogens with zero attached hydrogens (tertiary/aromatic N) is 1. The van der Waals surface area contributed by atoms with Crippen LogP contribution in [0.5, 0.6) is 0 Å². The van der Waals surface area contributed by atoms with E-state index in [0.717, 1.165) is 18.5 Å². The highest BCUT2D eigenvalue weighted by atomic mass is 16.5. The number of hydrogen-bond donors (Lipinski definition) is 2. The van der Waals surface area contributed by atoms with Crippen LogP contribution in [-0.4, -0.2) is 42.0 Å². The number of hydrogen-bond acceptors (Lipinski definition) is 4. The molecule has 3 aliphatic heterocycles. The molecule has 1 aromatic rings. The van der Waals surface area contributed by atoms with Gasteiger partial charge in [0, 0.05) is 24.3 Å². The molecule has 3 amide bonds. The molecule has 27 heavy (non-hydrogen) atoms. The third-order valence-corrected chi connectivity index (χ3v) is 5.83. The Labute approximate surface area is 156 Å². The Morgan fingerprint density at radius 3 is 2.63 bits per heavy atom.